The van der Waals surface area contributed by atoms with E-state index in [1.807, 2.05) is 85.8 Å². The number of benzene rings is 3. The molecule has 0 unspecified atom stereocenters. The largest absolute Gasteiger partial charge is 0.491 e. The highest BCUT2D eigenvalue weighted by atomic mass is 16.6. The second-order valence-electron chi connectivity index (χ2n) is 14.2. The lowest BCUT2D eigenvalue weighted by Gasteiger charge is -2.30. The van der Waals surface area contributed by atoms with Gasteiger partial charge in [-0.25, -0.2) is 14.6 Å². The minimum atomic E-state index is -0.897. The zero-order valence-electron chi connectivity index (χ0n) is 32.0. The molecule has 0 spiro atoms. The van der Waals surface area contributed by atoms with E-state index >= 15 is 0 Å². The average Bonchev–Trinajstić information content (AvgIpc) is 3.11. The van der Waals surface area contributed by atoms with Gasteiger partial charge in [-0.3, -0.25) is 0 Å². The molecule has 11 heteroatoms. The maximum atomic E-state index is 13.8. The molecule has 1 aromatic heterocycles. The van der Waals surface area contributed by atoms with E-state index in [2.05, 4.69) is 0 Å². The van der Waals surface area contributed by atoms with E-state index in [9.17, 15) is 9.59 Å². The Labute approximate surface area is 313 Å². The first kappa shape index (κ1) is 40.8. The Balaban J connectivity index is 1.72. The van der Waals surface area contributed by atoms with Crippen molar-refractivity contribution in [1.29, 1.82) is 0 Å². The average molecular weight is 728 g/mol. The Kier molecular flexibility index (Phi) is 14.8. The highest BCUT2D eigenvalue weighted by Crippen LogP contribution is 2.40. The van der Waals surface area contributed by atoms with Gasteiger partial charge in [-0.2, -0.15) is 4.90 Å². The summed E-state index contributed by atoms with van der Waals surface area (Å²) in [5.74, 6) is 1.45. The van der Waals surface area contributed by atoms with Crippen LogP contribution in [0.4, 0.5) is 15.4 Å². The molecule has 53 heavy (non-hydrogen) atoms. The first-order valence-corrected chi connectivity index (χ1v) is 17.9. The van der Waals surface area contributed by atoms with Crippen molar-refractivity contribution in [2.24, 2.45) is 5.73 Å². The van der Waals surface area contributed by atoms with Crippen molar-refractivity contribution in [2.75, 3.05) is 44.5 Å². The molecular weight excluding hydrogens is 674 g/mol. The van der Waals surface area contributed by atoms with Gasteiger partial charge < -0.3 is 34.2 Å². The van der Waals surface area contributed by atoms with E-state index in [0.29, 0.717) is 69.7 Å². The van der Waals surface area contributed by atoms with Crippen LogP contribution in [0.1, 0.15) is 59.6 Å². The van der Waals surface area contributed by atoms with E-state index in [1.165, 1.54) is 0 Å². The van der Waals surface area contributed by atoms with Crippen LogP contribution in [0.5, 0.6) is 11.5 Å². The normalized spacial score (nSPS) is 11.5. The predicted molar refractivity (Wildman–Crippen MR) is 206 cm³/mol. The summed E-state index contributed by atoms with van der Waals surface area (Å²) in [5.41, 5.74) is 8.58. The molecule has 0 saturated heterocycles. The van der Waals surface area contributed by atoms with Gasteiger partial charge in [0.2, 0.25) is 0 Å². The third-order valence-corrected chi connectivity index (χ3v) is 7.57. The maximum Gasteiger partial charge on any atom is 0.425 e. The van der Waals surface area contributed by atoms with Crippen LogP contribution in [0.15, 0.2) is 85.1 Å². The molecule has 0 aliphatic rings. The molecule has 4 rings (SSSR count). The van der Waals surface area contributed by atoms with Crippen LogP contribution in [0.25, 0.3) is 22.3 Å². The van der Waals surface area contributed by atoms with Gasteiger partial charge >= 0.3 is 12.2 Å². The van der Waals surface area contributed by atoms with Gasteiger partial charge in [-0.1, -0.05) is 61.5 Å². The Bertz CT molecular complexity index is 1720. The molecule has 0 aliphatic carbocycles. The fourth-order valence-electron chi connectivity index (χ4n) is 5.30. The van der Waals surface area contributed by atoms with Crippen molar-refractivity contribution in [3.8, 4) is 33.8 Å². The molecule has 2 amide bonds. The number of aromatic nitrogens is 1. The van der Waals surface area contributed by atoms with Crippen LogP contribution < -0.4 is 20.1 Å². The SMILES string of the molecule is CCc1c(-c2ccc(OCCOCCOCCN)cc2)cnc(N(C(=O)OC(C)(C)C)C(=O)OC(C)(C)C)c1-c1ccc(OCc2ccccc2)cc1. The Morgan fingerprint density at radius 2 is 1.21 bits per heavy atom. The summed E-state index contributed by atoms with van der Waals surface area (Å²) in [6, 6.07) is 25.1. The third kappa shape index (κ3) is 12.6. The lowest BCUT2D eigenvalue weighted by Crippen LogP contribution is -2.44. The lowest BCUT2D eigenvalue weighted by molar-refractivity contribution is 0.0388. The van der Waals surface area contributed by atoms with Gasteiger partial charge in [0.05, 0.1) is 26.4 Å². The molecule has 1 heterocycles. The molecule has 0 saturated carbocycles. The highest BCUT2D eigenvalue weighted by molar-refractivity contribution is 6.11. The van der Waals surface area contributed by atoms with Gasteiger partial charge in [-0.05, 0) is 94.5 Å². The summed E-state index contributed by atoms with van der Waals surface area (Å²) in [7, 11) is 0. The number of anilines is 1. The smallest absolute Gasteiger partial charge is 0.425 e. The molecule has 0 aliphatic heterocycles. The molecular formula is C42H53N3O8. The number of nitrogens with two attached hydrogens (primary N) is 1. The second kappa shape index (κ2) is 19.2. The standard InChI is InChI=1S/C42H53N3O8/c1-8-35-36(31-14-18-33(19-15-31)50-27-26-49-25-24-48-23-22-43)28-44-38(45(39(46)52-41(2,3)4)40(47)53-42(5,6)7)37(35)32-16-20-34(21-17-32)51-29-30-12-10-9-11-13-30/h9-21,28H,8,22-27,29,43H2,1-7H3. The number of hydrogen-bond donors (Lipinski definition) is 1. The van der Waals surface area contributed by atoms with Crippen LogP contribution in [-0.2, 0) is 32.0 Å². The lowest BCUT2D eigenvalue weighted by atomic mass is 9.91. The van der Waals surface area contributed by atoms with E-state index in [0.717, 1.165) is 32.7 Å². The minimum Gasteiger partial charge on any atom is -0.491 e. The summed E-state index contributed by atoms with van der Waals surface area (Å²) < 4.78 is 34.3. The molecule has 0 radical (unpaired) electrons. The molecule has 0 fully saturated rings. The minimum absolute atomic E-state index is 0.0976. The van der Waals surface area contributed by atoms with Crippen LogP contribution >= 0.6 is 0 Å². The monoisotopic (exact) mass is 727 g/mol. The second-order valence-corrected chi connectivity index (χ2v) is 14.2. The van der Waals surface area contributed by atoms with Gasteiger partial charge in [0, 0.05) is 23.9 Å². The van der Waals surface area contributed by atoms with Crippen molar-refractivity contribution in [1.82, 2.24) is 4.98 Å². The Morgan fingerprint density at radius 3 is 1.75 bits per heavy atom. The molecule has 3 aromatic carbocycles. The van der Waals surface area contributed by atoms with Crippen molar-refractivity contribution in [3.05, 3.63) is 96.2 Å². The molecule has 11 nitrogen and oxygen atoms in total. The van der Waals surface area contributed by atoms with Crippen molar-refractivity contribution >= 4 is 18.0 Å². The number of imide groups is 1. The number of rotatable bonds is 16. The molecule has 0 bridgehead atoms. The summed E-state index contributed by atoms with van der Waals surface area (Å²) in [6.07, 6.45) is 0.430. The van der Waals surface area contributed by atoms with Gasteiger partial charge in [0.25, 0.3) is 0 Å². The number of pyridine rings is 1. The maximum absolute atomic E-state index is 13.8. The summed E-state index contributed by atoms with van der Waals surface area (Å²) >= 11 is 0. The van der Waals surface area contributed by atoms with E-state index in [4.69, 9.17) is 39.1 Å². The quantitative estimate of drug-likeness (QED) is 0.112. The van der Waals surface area contributed by atoms with Gasteiger partial charge in [-0.15, -0.1) is 0 Å². The number of hydrogen-bond acceptors (Lipinski definition) is 10. The molecule has 284 valence electrons. The Morgan fingerprint density at radius 1 is 0.679 bits per heavy atom. The van der Waals surface area contributed by atoms with Crippen LogP contribution in [0, 0.1) is 0 Å². The van der Waals surface area contributed by atoms with E-state index in [1.54, 1.807) is 47.7 Å². The summed E-state index contributed by atoms with van der Waals surface area (Å²) in [5, 5.41) is 0. The molecule has 2 N–H and O–H groups in total. The van der Waals surface area contributed by atoms with Crippen LogP contribution in [0.3, 0.4) is 0 Å². The van der Waals surface area contributed by atoms with Crippen molar-refractivity contribution < 1.29 is 38.0 Å². The fourth-order valence-corrected chi connectivity index (χ4v) is 5.30. The number of nitrogens with zero attached hydrogens (tertiary/aromatic N) is 2. The third-order valence-electron chi connectivity index (χ3n) is 7.57. The van der Waals surface area contributed by atoms with E-state index in [-0.39, 0.29) is 5.82 Å². The number of amides is 2. The van der Waals surface area contributed by atoms with Crippen LogP contribution in [-0.4, -0.2) is 68.0 Å². The number of carbonyl (C=O) groups excluding carboxylic acids is 2. The van der Waals surface area contributed by atoms with Crippen molar-refractivity contribution in [3.63, 3.8) is 0 Å². The van der Waals surface area contributed by atoms with Crippen LogP contribution in [0.2, 0.25) is 0 Å². The topological polar surface area (TPSA) is 132 Å². The summed E-state index contributed by atoms with van der Waals surface area (Å²) in [4.78, 5) is 33.3. The zero-order valence-corrected chi connectivity index (χ0v) is 32.0. The molecule has 0 atom stereocenters. The fraction of sp³-hybridized carbons (Fsp3) is 0.405. The summed E-state index contributed by atoms with van der Waals surface area (Å²) in [6.45, 7) is 15.6. The number of carbonyl (C=O) groups is 2. The van der Waals surface area contributed by atoms with Crippen molar-refractivity contribution in [2.45, 2.75) is 72.7 Å². The molecule has 4 aromatic rings. The van der Waals surface area contributed by atoms with Gasteiger partial charge in [0.1, 0.15) is 35.9 Å². The zero-order chi connectivity index (χ0) is 38.4. The predicted octanol–water partition coefficient (Wildman–Crippen LogP) is 8.60. The highest BCUT2D eigenvalue weighted by Gasteiger charge is 2.36. The Hall–Kier alpha value is -4.97. The van der Waals surface area contributed by atoms with E-state index < -0.39 is 23.4 Å². The first-order valence-electron chi connectivity index (χ1n) is 17.9. The van der Waals surface area contributed by atoms with Gasteiger partial charge in [0.15, 0.2) is 5.82 Å². The first-order chi connectivity index (χ1) is 25.3. The number of ether oxygens (including phenoxy) is 6.